The summed E-state index contributed by atoms with van der Waals surface area (Å²) in [5.41, 5.74) is 4.93. The molecule has 6 heteroatoms. The molecule has 0 radical (unpaired) electrons. The first-order valence-corrected chi connectivity index (χ1v) is 5.73. The van der Waals surface area contributed by atoms with Crippen LogP contribution in [0.4, 0.5) is 4.79 Å². The Labute approximate surface area is 103 Å². The van der Waals surface area contributed by atoms with Crippen molar-refractivity contribution in [1.29, 1.82) is 0 Å². The molecule has 0 aliphatic heterocycles. The lowest BCUT2D eigenvalue weighted by molar-refractivity contribution is -0.104. The van der Waals surface area contributed by atoms with Gasteiger partial charge in [0.1, 0.15) is 0 Å². The number of hydrogen-bond donors (Lipinski definition) is 2. The topological polar surface area (TPSA) is 82.8 Å². The summed E-state index contributed by atoms with van der Waals surface area (Å²) in [7, 11) is 0. The fraction of sp³-hybridized carbons (Fsp3) is 0.909. The van der Waals surface area contributed by atoms with E-state index in [9.17, 15) is 4.79 Å². The molecule has 17 heavy (non-hydrogen) atoms. The van der Waals surface area contributed by atoms with Gasteiger partial charge >= 0.3 is 6.09 Å². The molecular formula is C11H24N2O4. The van der Waals surface area contributed by atoms with Crippen molar-refractivity contribution in [2.24, 2.45) is 5.73 Å². The second-order valence-electron chi connectivity index (χ2n) is 4.62. The van der Waals surface area contributed by atoms with Crippen LogP contribution in [0.1, 0.15) is 27.7 Å². The fourth-order valence-electron chi connectivity index (χ4n) is 0.979. The highest BCUT2D eigenvalue weighted by molar-refractivity contribution is 5.68. The first-order valence-electron chi connectivity index (χ1n) is 5.73. The van der Waals surface area contributed by atoms with E-state index in [0.29, 0.717) is 26.4 Å². The summed E-state index contributed by atoms with van der Waals surface area (Å²) in [6.45, 7) is 9.07. The van der Waals surface area contributed by atoms with E-state index in [2.05, 4.69) is 5.32 Å². The van der Waals surface area contributed by atoms with Crippen molar-refractivity contribution in [3.8, 4) is 0 Å². The summed E-state index contributed by atoms with van der Waals surface area (Å²) in [6.07, 6.45) is -1.09. The van der Waals surface area contributed by atoms with Crippen LogP contribution in [-0.4, -0.2) is 44.3 Å². The van der Waals surface area contributed by atoms with Crippen LogP contribution in [0.2, 0.25) is 0 Å². The van der Waals surface area contributed by atoms with Crippen molar-refractivity contribution in [2.45, 2.75) is 39.5 Å². The summed E-state index contributed by atoms with van der Waals surface area (Å²) < 4.78 is 15.3. The van der Waals surface area contributed by atoms with Gasteiger partial charge in [-0.3, -0.25) is 0 Å². The number of hydrogen-bond acceptors (Lipinski definition) is 5. The summed E-state index contributed by atoms with van der Waals surface area (Å²) in [5, 5.41) is 2.67. The predicted octanol–water partition coefficient (Wildman–Crippen LogP) is 0.849. The normalized spacial score (nSPS) is 13.2. The first kappa shape index (κ1) is 16.1. The second-order valence-corrected chi connectivity index (χ2v) is 4.62. The minimum Gasteiger partial charge on any atom is -0.420 e. The molecule has 0 spiro atoms. The van der Waals surface area contributed by atoms with Crippen LogP contribution in [0.5, 0.6) is 0 Å². The third-order valence-electron chi connectivity index (χ3n) is 1.59. The third-order valence-corrected chi connectivity index (χ3v) is 1.59. The lowest BCUT2D eigenvalue weighted by Gasteiger charge is -2.22. The van der Waals surface area contributed by atoms with Gasteiger partial charge in [-0.1, -0.05) is 0 Å². The molecule has 0 aromatic rings. The van der Waals surface area contributed by atoms with Gasteiger partial charge in [0.2, 0.25) is 6.29 Å². The van der Waals surface area contributed by atoms with Gasteiger partial charge < -0.3 is 25.3 Å². The Bertz CT molecular complexity index is 216. The largest absolute Gasteiger partial charge is 0.420 e. The Balaban J connectivity index is 3.57. The zero-order valence-corrected chi connectivity index (χ0v) is 11.1. The molecule has 0 aromatic heterocycles. The van der Waals surface area contributed by atoms with Crippen molar-refractivity contribution in [1.82, 2.24) is 5.32 Å². The van der Waals surface area contributed by atoms with E-state index in [1.807, 2.05) is 20.8 Å². The van der Waals surface area contributed by atoms with Crippen molar-refractivity contribution in [2.75, 3.05) is 26.4 Å². The molecule has 1 unspecified atom stereocenters. The average molecular weight is 248 g/mol. The maximum Gasteiger partial charge on any atom is 0.409 e. The van der Waals surface area contributed by atoms with E-state index >= 15 is 0 Å². The standard InChI is InChI=1S/C11H24N2O4/c1-9(16-8-7-15-6-5-12)17-10(14)13-11(2,3)4/h9H,5-8,12H2,1-4H3,(H,13,14). The molecule has 0 saturated carbocycles. The summed E-state index contributed by atoms with van der Waals surface area (Å²) in [6, 6.07) is 0. The van der Waals surface area contributed by atoms with E-state index in [-0.39, 0.29) is 5.54 Å². The minimum absolute atomic E-state index is 0.318. The molecule has 3 N–H and O–H groups in total. The van der Waals surface area contributed by atoms with E-state index in [4.69, 9.17) is 19.9 Å². The molecule has 6 nitrogen and oxygen atoms in total. The van der Waals surface area contributed by atoms with Crippen molar-refractivity contribution < 1.29 is 19.0 Å². The van der Waals surface area contributed by atoms with Crippen molar-refractivity contribution in [3.63, 3.8) is 0 Å². The van der Waals surface area contributed by atoms with Gasteiger partial charge in [0.15, 0.2) is 0 Å². The molecule has 1 atom stereocenters. The molecule has 0 bridgehead atoms. The van der Waals surface area contributed by atoms with Crippen LogP contribution in [0.15, 0.2) is 0 Å². The quantitative estimate of drug-likeness (QED) is 0.515. The van der Waals surface area contributed by atoms with Crippen LogP contribution in [-0.2, 0) is 14.2 Å². The number of carbonyl (C=O) groups is 1. The van der Waals surface area contributed by atoms with Crippen molar-refractivity contribution in [3.05, 3.63) is 0 Å². The van der Waals surface area contributed by atoms with Gasteiger partial charge in [-0.15, -0.1) is 0 Å². The van der Waals surface area contributed by atoms with Crippen LogP contribution in [0.3, 0.4) is 0 Å². The Morgan fingerprint density at radius 2 is 1.94 bits per heavy atom. The molecule has 0 aliphatic carbocycles. The number of nitrogens with two attached hydrogens (primary N) is 1. The molecule has 1 amide bonds. The van der Waals surface area contributed by atoms with Gasteiger partial charge in [-0.05, 0) is 27.7 Å². The zero-order chi connectivity index (χ0) is 13.3. The van der Waals surface area contributed by atoms with E-state index < -0.39 is 12.4 Å². The molecule has 0 fully saturated rings. The SMILES string of the molecule is CC(OCCOCCN)OC(=O)NC(C)(C)C. The smallest absolute Gasteiger partial charge is 0.409 e. The summed E-state index contributed by atoms with van der Waals surface area (Å²) in [4.78, 5) is 11.3. The van der Waals surface area contributed by atoms with E-state index in [1.54, 1.807) is 6.92 Å². The molecule has 0 saturated heterocycles. The number of ether oxygens (including phenoxy) is 3. The summed E-state index contributed by atoms with van der Waals surface area (Å²) in [5.74, 6) is 0. The van der Waals surface area contributed by atoms with Gasteiger partial charge in [0.05, 0.1) is 19.8 Å². The van der Waals surface area contributed by atoms with Crippen LogP contribution in [0, 0.1) is 0 Å². The molecule has 102 valence electrons. The lowest BCUT2D eigenvalue weighted by Crippen LogP contribution is -2.42. The highest BCUT2D eigenvalue weighted by Gasteiger charge is 2.16. The zero-order valence-electron chi connectivity index (χ0n) is 11.1. The summed E-state index contributed by atoms with van der Waals surface area (Å²) >= 11 is 0. The van der Waals surface area contributed by atoms with Crippen molar-refractivity contribution >= 4 is 6.09 Å². The molecule has 0 heterocycles. The number of carbonyl (C=O) groups excluding carboxylic acids is 1. The Morgan fingerprint density at radius 3 is 2.47 bits per heavy atom. The highest BCUT2D eigenvalue weighted by Crippen LogP contribution is 2.01. The van der Waals surface area contributed by atoms with Crippen LogP contribution >= 0.6 is 0 Å². The Kier molecular flexibility index (Phi) is 7.86. The highest BCUT2D eigenvalue weighted by atomic mass is 16.7. The number of nitrogens with one attached hydrogen (secondary N) is 1. The fourth-order valence-corrected chi connectivity index (χ4v) is 0.979. The molecular weight excluding hydrogens is 224 g/mol. The average Bonchev–Trinajstić information content (AvgIpc) is 2.14. The van der Waals surface area contributed by atoms with Gasteiger partial charge in [0, 0.05) is 12.1 Å². The minimum atomic E-state index is -0.598. The van der Waals surface area contributed by atoms with E-state index in [1.165, 1.54) is 0 Å². The monoisotopic (exact) mass is 248 g/mol. The third kappa shape index (κ3) is 11.4. The van der Waals surface area contributed by atoms with Gasteiger partial charge in [-0.2, -0.15) is 0 Å². The number of alkyl carbamates (subject to hydrolysis) is 1. The number of amides is 1. The Hall–Kier alpha value is -0.850. The van der Waals surface area contributed by atoms with E-state index in [0.717, 1.165) is 0 Å². The van der Waals surface area contributed by atoms with Crippen LogP contribution in [0.25, 0.3) is 0 Å². The van der Waals surface area contributed by atoms with Gasteiger partial charge in [0.25, 0.3) is 0 Å². The Morgan fingerprint density at radius 1 is 1.29 bits per heavy atom. The molecule has 0 aliphatic rings. The predicted molar refractivity (Wildman–Crippen MR) is 64.7 cm³/mol. The van der Waals surface area contributed by atoms with Gasteiger partial charge in [-0.25, -0.2) is 4.79 Å². The maximum absolute atomic E-state index is 11.3. The lowest BCUT2D eigenvalue weighted by atomic mass is 10.1. The molecule has 0 rings (SSSR count). The molecule has 0 aromatic carbocycles. The van der Waals surface area contributed by atoms with Crippen LogP contribution < -0.4 is 11.1 Å². The maximum atomic E-state index is 11.3. The first-order chi connectivity index (χ1) is 7.85. The second kappa shape index (κ2) is 8.27. The number of rotatable bonds is 7.